The second kappa shape index (κ2) is 5.68. The summed E-state index contributed by atoms with van der Waals surface area (Å²) in [6, 6.07) is 17.6. The zero-order valence-corrected chi connectivity index (χ0v) is 14.0. The van der Waals surface area contributed by atoms with E-state index in [0.29, 0.717) is 5.92 Å². The van der Waals surface area contributed by atoms with Gasteiger partial charge in [-0.1, -0.05) is 36.4 Å². The highest BCUT2D eigenvalue weighted by Crippen LogP contribution is 2.44. The first kappa shape index (κ1) is 14.8. The molecule has 0 aromatic heterocycles. The van der Waals surface area contributed by atoms with Gasteiger partial charge in [-0.2, -0.15) is 0 Å². The predicted octanol–water partition coefficient (Wildman–Crippen LogP) is 4.31. The second-order valence-electron chi connectivity index (χ2n) is 7.39. The normalized spacial score (nSPS) is 27.8. The molecule has 1 fully saturated rings. The minimum absolute atomic E-state index is 0.171. The van der Waals surface area contributed by atoms with Crippen LogP contribution in [0.5, 0.6) is 0 Å². The molecule has 1 heterocycles. The third-order valence-corrected chi connectivity index (χ3v) is 5.98. The average Bonchev–Trinajstić information content (AvgIpc) is 3.06. The number of hydrogen-bond donors (Lipinski definition) is 1. The summed E-state index contributed by atoms with van der Waals surface area (Å²) in [5, 5.41) is 0. The lowest BCUT2D eigenvalue weighted by atomic mass is 9.76. The highest BCUT2D eigenvalue weighted by molar-refractivity contribution is 5.48. The summed E-state index contributed by atoms with van der Waals surface area (Å²) >= 11 is 0. The Morgan fingerprint density at radius 3 is 2.78 bits per heavy atom. The van der Waals surface area contributed by atoms with Gasteiger partial charge in [0.2, 0.25) is 0 Å². The second-order valence-corrected chi connectivity index (χ2v) is 7.39. The van der Waals surface area contributed by atoms with Crippen molar-refractivity contribution in [2.45, 2.75) is 44.1 Å². The number of rotatable bonds is 2. The van der Waals surface area contributed by atoms with E-state index in [0.717, 1.165) is 5.69 Å². The molecule has 2 heteroatoms. The number of fused-ring (bicyclic) bond motifs is 1. The number of likely N-dealkylation sites (tertiary alicyclic amines) is 1. The number of benzene rings is 2. The minimum Gasteiger partial charge on any atom is -0.399 e. The van der Waals surface area contributed by atoms with Crippen molar-refractivity contribution in [1.29, 1.82) is 0 Å². The van der Waals surface area contributed by atoms with E-state index in [1.807, 2.05) is 0 Å². The molecule has 2 nitrogen and oxygen atoms in total. The fourth-order valence-electron chi connectivity index (χ4n) is 4.64. The summed E-state index contributed by atoms with van der Waals surface area (Å²) in [5.41, 5.74) is 11.5. The number of aryl methyl sites for hydroxylation is 1. The van der Waals surface area contributed by atoms with E-state index >= 15 is 0 Å². The summed E-state index contributed by atoms with van der Waals surface area (Å²) < 4.78 is 0. The lowest BCUT2D eigenvalue weighted by molar-refractivity contribution is 0.111. The molecule has 2 aromatic rings. The molecule has 0 saturated carbocycles. The van der Waals surface area contributed by atoms with Gasteiger partial charge in [-0.3, -0.25) is 4.90 Å². The van der Waals surface area contributed by atoms with Gasteiger partial charge in [0, 0.05) is 17.8 Å². The first-order valence-electron chi connectivity index (χ1n) is 8.86. The summed E-state index contributed by atoms with van der Waals surface area (Å²) in [4.78, 5) is 2.72. The predicted molar refractivity (Wildman–Crippen MR) is 96.5 cm³/mol. The Balaban J connectivity index is 1.62. The van der Waals surface area contributed by atoms with Crippen LogP contribution < -0.4 is 5.73 Å². The summed E-state index contributed by atoms with van der Waals surface area (Å²) in [6.07, 6.45) is 4.96. The molecular weight excluding hydrogens is 280 g/mol. The molecule has 2 N–H and O–H groups in total. The third kappa shape index (κ3) is 2.55. The van der Waals surface area contributed by atoms with Crippen LogP contribution in [-0.2, 0) is 12.0 Å². The standard InChI is InChI=1S/C21H26N2/c1-21(12-5-8-17-14-19(22)9-10-20(17)21)23-13-11-18(15-23)16-6-3-2-4-7-16/h2-4,6-7,9-10,14,18H,5,8,11-13,15,22H2,1H3. The van der Waals surface area contributed by atoms with Crippen LogP contribution in [-0.4, -0.2) is 18.0 Å². The lowest BCUT2D eigenvalue weighted by Gasteiger charge is -2.43. The Morgan fingerprint density at radius 1 is 1.13 bits per heavy atom. The molecule has 1 aliphatic carbocycles. The van der Waals surface area contributed by atoms with E-state index in [2.05, 4.69) is 60.4 Å². The Hall–Kier alpha value is -1.80. The molecule has 1 aliphatic heterocycles. The van der Waals surface area contributed by atoms with Crippen LogP contribution >= 0.6 is 0 Å². The van der Waals surface area contributed by atoms with E-state index in [-0.39, 0.29) is 5.54 Å². The van der Waals surface area contributed by atoms with Crippen LogP contribution in [0.2, 0.25) is 0 Å². The molecule has 2 unspecified atom stereocenters. The van der Waals surface area contributed by atoms with E-state index in [9.17, 15) is 0 Å². The molecule has 1 saturated heterocycles. The van der Waals surface area contributed by atoms with Crippen LogP contribution in [0.3, 0.4) is 0 Å². The van der Waals surface area contributed by atoms with Crippen molar-refractivity contribution in [3.8, 4) is 0 Å². The maximum atomic E-state index is 6.01. The molecule has 23 heavy (non-hydrogen) atoms. The van der Waals surface area contributed by atoms with Crippen molar-refractivity contribution in [3.63, 3.8) is 0 Å². The molecule has 4 rings (SSSR count). The van der Waals surface area contributed by atoms with Gasteiger partial charge in [-0.05, 0) is 73.9 Å². The molecule has 2 atom stereocenters. The molecule has 0 amide bonds. The summed E-state index contributed by atoms with van der Waals surface area (Å²) in [6.45, 7) is 4.80. The molecular formula is C21H26N2. The zero-order chi connectivity index (χ0) is 15.9. The van der Waals surface area contributed by atoms with Crippen molar-refractivity contribution >= 4 is 5.69 Å². The number of nitrogens with two attached hydrogens (primary N) is 1. The van der Waals surface area contributed by atoms with Gasteiger partial charge in [0.25, 0.3) is 0 Å². The summed E-state index contributed by atoms with van der Waals surface area (Å²) in [7, 11) is 0. The Kier molecular flexibility index (Phi) is 3.65. The fourth-order valence-corrected chi connectivity index (χ4v) is 4.64. The third-order valence-electron chi connectivity index (χ3n) is 5.98. The zero-order valence-electron chi connectivity index (χ0n) is 14.0. The molecule has 0 bridgehead atoms. The molecule has 2 aromatic carbocycles. The molecule has 120 valence electrons. The Labute approximate surface area is 139 Å². The number of nitrogen functional groups attached to an aromatic ring is 1. The highest BCUT2D eigenvalue weighted by Gasteiger charge is 2.41. The highest BCUT2D eigenvalue weighted by atomic mass is 15.2. The van der Waals surface area contributed by atoms with E-state index in [1.54, 1.807) is 0 Å². The number of anilines is 1. The van der Waals surface area contributed by atoms with E-state index in [1.165, 1.54) is 55.5 Å². The van der Waals surface area contributed by atoms with Crippen LogP contribution in [0.25, 0.3) is 0 Å². The average molecular weight is 306 g/mol. The van der Waals surface area contributed by atoms with E-state index in [4.69, 9.17) is 5.73 Å². The van der Waals surface area contributed by atoms with Crippen LogP contribution in [0, 0.1) is 0 Å². The molecule has 2 aliphatic rings. The van der Waals surface area contributed by atoms with Crippen molar-refractivity contribution in [1.82, 2.24) is 4.90 Å². The summed E-state index contributed by atoms with van der Waals surface area (Å²) in [5.74, 6) is 0.673. The van der Waals surface area contributed by atoms with Gasteiger partial charge in [0.1, 0.15) is 0 Å². The van der Waals surface area contributed by atoms with Crippen molar-refractivity contribution < 1.29 is 0 Å². The van der Waals surface area contributed by atoms with Gasteiger partial charge in [-0.25, -0.2) is 0 Å². The number of hydrogen-bond acceptors (Lipinski definition) is 2. The van der Waals surface area contributed by atoms with Crippen LogP contribution in [0.1, 0.15) is 48.8 Å². The van der Waals surface area contributed by atoms with Gasteiger partial charge in [0.05, 0.1) is 0 Å². The SMILES string of the molecule is CC1(N2CCC(c3ccccc3)C2)CCCc2cc(N)ccc21. The Morgan fingerprint density at radius 2 is 1.96 bits per heavy atom. The topological polar surface area (TPSA) is 29.3 Å². The smallest absolute Gasteiger partial charge is 0.0435 e. The van der Waals surface area contributed by atoms with Crippen molar-refractivity contribution in [2.75, 3.05) is 18.8 Å². The molecule has 0 radical (unpaired) electrons. The Bertz CT molecular complexity index is 694. The van der Waals surface area contributed by atoms with Crippen molar-refractivity contribution in [3.05, 3.63) is 65.2 Å². The van der Waals surface area contributed by atoms with Gasteiger partial charge in [0.15, 0.2) is 0 Å². The minimum atomic E-state index is 0.171. The van der Waals surface area contributed by atoms with Gasteiger partial charge in [-0.15, -0.1) is 0 Å². The lowest BCUT2D eigenvalue weighted by Crippen LogP contribution is -2.44. The maximum absolute atomic E-state index is 6.01. The maximum Gasteiger partial charge on any atom is 0.0435 e. The molecule has 0 spiro atoms. The van der Waals surface area contributed by atoms with Crippen LogP contribution in [0.15, 0.2) is 48.5 Å². The first-order chi connectivity index (χ1) is 11.2. The van der Waals surface area contributed by atoms with Gasteiger partial charge >= 0.3 is 0 Å². The largest absolute Gasteiger partial charge is 0.399 e. The monoisotopic (exact) mass is 306 g/mol. The quantitative estimate of drug-likeness (QED) is 0.838. The first-order valence-corrected chi connectivity index (χ1v) is 8.86. The van der Waals surface area contributed by atoms with E-state index < -0.39 is 0 Å². The van der Waals surface area contributed by atoms with Crippen LogP contribution in [0.4, 0.5) is 5.69 Å². The fraction of sp³-hybridized carbons (Fsp3) is 0.429. The van der Waals surface area contributed by atoms with Crippen molar-refractivity contribution in [2.24, 2.45) is 0 Å². The number of nitrogens with zero attached hydrogens (tertiary/aromatic N) is 1. The van der Waals surface area contributed by atoms with Gasteiger partial charge < -0.3 is 5.73 Å².